The Morgan fingerprint density at radius 2 is 1.68 bits per heavy atom. The topological polar surface area (TPSA) is 42.1 Å². The van der Waals surface area contributed by atoms with Crippen LogP contribution in [0.2, 0.25) is 0 Å². The zero-order valence-electron chi connectivity index (χ0n) is 15.1. The number of hydrogen-bond acceptors (Lipinski definition) is 4. The number of rotatable bonds is 12. The Hall–Kier alpha value is -1.20. The summed E-state index contributed by atoms with van der Waals surface area (Å²) < 4.78 is 7.11. The normalized spacial score (nSPS) is 11.1. The molecule has 0 atom stereocenters. The van der Waals surface area contributed by atoms with Crippen molar-refractivity contribution < 1.29 is 9.53 Å². The number of aromatic amines is 1. The molecule has 1 heterocycles. The Morgan fingerprint density at radius 3 is 2.36 bits per heavy atom. The van der Waals surface area contributed by atoms with Crippen molar-refractivity contribution in [1.29, 1.82) is 0 Å². The van der Waals surface area contributed by atoms with Crippen molar-refractivity contribution in [1.82, 2.24) is 4.98 Å². The molecule has 1 aromatic heterocycles. The molecule has 1 aromatic carbocycles. The first-order valence-corrected chi connectivity index (χ1v) is 10.7. The molecule has 0 unspecified atom stereocenters. The Kier molecular flexibility index (Phi) is 9.19. The van der Waals surface area contributed by atoms with Crippen LogP contribution in [-0.2, 0) is 4.74 Å². The van der Waals surface area contributed by atoms with Gasteiger partial charge in [-0.05, 0) is 36.8 Å². The van der Waals surface area contributed by atoms with E-state index >= 15 is 0 Å². The number of benzene rings is 1. The molecular formula is C20H29NO2S2. The van der Waals surface area contributed by atoms with E-state index in [1.807, 2.05) is 12.1 Å². The molecule has 0 saturated heterocycles. The summed E-state index contributed by atoms with van der Waals surface area (Å²) >= 11 is 6.60. The Bertz CT molecular complexity index is 705. The standard InChI is InChI=1S/C20H29NO2S2/c1-2-3-4-5-6-7-8-9-10-11-14-23-19(22)16-12-13-17-18(15-16)25-20(24)21-17/h12-13,15H,2-11,14H2,1H3,(H,21,24). The summed E-state index contributed by atoms with van der Waals surface area (Å²) in [6, 6.07) is 5.53. The maximum atomic E-state index is 12.1. The van der Waals surface area contributed by atoms with Gasteiger partial charge in [-0.15, -0.1) is 11.3 Å². The van der Waals surface area contributed by atoms with Crippen molar-refractivity contribution in [3.63, 3.8) is 0 Å². The lowest BCUT2D eigenvalue weighted by Gasteiger charge is -2.05. The third kappa shape index (κ3) is 7.28. The predicted octanol–water partition coefficient (Wildman–Crippen LogP) is 7.04. The van der Waals surface area contributed by atoms with Crippen LogP contribution in [0.3, 0.4) is 0 Å². The molecule has 0 radical (unpaired) electrons. The van der Waals surface area contributed by atoms with E-state index in [2.05, 4.69) is 11.9 Å². The largest absolute Gasteiger partial charge is 0.462 e. The van der Waals surface area contributed by atoms with E-state index in [1.54, 1.807) is 6.07 Å². The van der Waals surface area contributed by atoms with Crippen molar-refractivity contribution in [2.45, 2.75) is 71.1 Å². The number of aromatic nitrogens is 1. The van der Waals surface area contributed by atoms with Crippen molar-refractivity contribution in [3.8, 4) is 0 Å². The number of H-pyrrole nitrogens is 1. The second-order valence-electron chi connectivity index (χ2n) is 6.54. The smallest absolute Gasteiger partial charge is 0.338 e. The number of fused-ring (bicyclic) bond motifs is 1. The molecule has 2 rings (SSSR count). The highest BCUT2D eigenvalue weighted by Crippen LogP contribution is 2.21. The maximum Gasteiger partial charge on any atom is 0.338 e. The third-order valence-corrected chi connectivity index (χ3v) is 5.58. The minimum atomic E-state index is -0.239. The van der Waals surface area contributed by atoms with E-state index in [9.17, 15) is 4.79 Å². The zero-order chi connectivity index (χ0) is 17.9. The van der Waals surface area contributed by atoms with E-state index in [4.69, 9.17) is 17.0 Å². The Morgan fingerprint density at radius 1 is 1.04 bits per heavy atom. The monoisotopic (exact) mass is 379 g/mol. The van der Waals surface area contributed by atoms with Crippen molar-refractivity contribution in [3.05, 3.63) is 27.7 Å². The van der Waals surface area contributed by atoms with Gasteiger partial charge in [-0.1, -0.05) is 64.7 Å². The van der Waals surface area contributed by atoms with Crippen LogP contribution < -0.4 is 0 Å². The van der Waals surface area contributed by atoms with Gasteiger partial charge in [0, 0.05) is 0 Å². The summed E-state index contributed by atoms with van der Waals surface area (Å²) in [6.45, 7) is 2.76. The quantitative estimate of drug-likeness (QED) is 0.244. The van der Waals surface area contributed by atoms with Gasteiger partial charge < -0.3 is 9.72 Å². The molecule has 2 aromatic rings. The molecule has 0 saturated carbocycles. The van der Waals surface area contributed by atoms with Gasteiger partial charge in [0.25, 0.3) is 0 Å². The molecule has 0 amide bonds. The number of esters is 1. The molecular weight excluding hydrogens is 350 g/mol. The van der Waals surface area contributed by atoms with Crippen LogP contribution >= 0.6 is 23.6 Å². The lowest BCUT2D eigenvalue weighted by Crippen LogP contribution is -2.06. The molecule has 138 valence electrons. The van der Waals surface area contributed by atoms with Gasteiger partial charge in [-0.3, -0.25) is 0 Å². The number of hydrogen-bond donors (Lipinski definition) is 1. The molecule has 1 N–H and O–H groups in total. The minimum Gasteiger partial charge on any atom is -0.462 e. The lowest BCUT2D eigenvalue weighted by molar-refractivity contribution is 0.0498. The molecule has 0 aliphatic carbocycles. The first kappa shape index (κ1) is 20.1. The van der Waals surface area contributed by atoms with E-state index in [1.165, 1.54) is 62.7 Å². The predicted molar refractivity (Wildman–Crippen MR) is 109 cm³/mol. The number of unbranched alkanes of at least 4 members (excludes halogenated alkanes) is 9. The number of ether oxygens (including phenoxy) is 1. The molecule has 0 bridgehead atoms. The van der Waals surface area contributed by atoms with Gasteiger partial charge in [-0.2, -0.15) is 0 Å². The SMILES string of the molecule is CCCCCCCCCCCCOC(=O)c1ccc2[nH]c(=S)sc2c1. The highest BCUT2D eigenvalue weighted by Gasteiger charge is 2.08. The second-order valence-corrected chi connectivity index (χ2v) is 8.26. The molecule has 5 heteroatoms. The van der Waals surface area contributed by atoms with Crippen LogP contribution in [0.4, 0.5) is 0 Å². The summed E-state index contributed by atoms with van der Waals surface area (Å²) in [5.74, 6) is -0.239. The minimum absolute atomic E-state index is 0.239. The third-order valence-electron chi connectivity index (χ3n) is 4.39. The zero-order valence-corrected chi connectivity index (χ0v) is 16.8. The molecule has 25 heavy (non-hydrogen) atoms. The lowest BCUT2D eigenvalue weighted by atomic mass is 10.1. The van der Waals surface area contributed by atoms with Crippen LogP contribution in [0.5, 0.6) is 0 Å². The number of thiazole rings is 1. The number of nitrogens with one attached hydrogen (secondary N) is 1. The number of carbonyl (C=O) groups excluding carboxylic acids is 1. The molecule has 3 nitrogen and oxygen atoms in total. The van der Waals surface area contributed by atoms with Crippen LogP contribution in [0.25, 0.3) is 10.2 Å². The Labute approximate surface area is 159 Å². The van der Waals surface area contributed by atoms with Crippen LogP contribution in [0.15, 0.2) is 18.2 Å². The van der Waals surface area contributed by atoms with E-state index in [0.717, 1.165) is 27.0 Å². The summed E-state index contributed by atoms with van der Waals surface area (Å²) in [5, 5.41) is 0. The average Bonchev–Trinajstić information content (AvgIpc) is 2.98. The van der Waals surface area contributed by atoms with E-state index in [0.29, 0.717) is 12.2 Å². The molecule has 0 spiro atoms. The van der Waals surface area contributed by atoms with Gasteiger partial charge in [0.05, 0.1) is 22.4 Å². The fourth-order valence-electron chi connectivity index (χ4n) is 2.91. The average molecular weight is 380 g/mol. The fraction of sp³-hybridized carbons (Fsp3) is 0.600. The molecule has 0 aliphatic heterocycles. The summed E-state index contributed by atoms with van der Waals surface area (Å²) in [7, 11) is 0. The van der Waals surface area contributed by atoms with Gasteiger partial charge in [0.15, 0.2) is 3.95 Å². The van der Waals surface area contributed by atoms with Crippen LogP contribution in [0.1, 0.15) is 81.5 Å². The van der Waals surface area contributed by atoms with E-state index in [-0.39, 0.29) is 5.97 Å². The Balaban J connectivity index is 1.55. The highest BCUT2D eigenvalue weighted by atomic mass is 32.1. The van der Waals surface area contributed by atoms with Crippen LogP contribution in [0, 0.1) is 3.95 Å². The van der Waals surface area contributed by atoms with Crippen LogP contribution in [-0.4, -0.2) is 17.6 Å². The summed E-state index contributed by atoms with van der Waals surface area (Å²) in [4.78, 5) is 15.2. The second kappa shape index (κ2) is 11.4. The number of carbonyl (C=O) groups is 1. The first-order valence-electron chi connectivity index (χ1n) is 9.50. The van der Waals surface area contributed by atoms with Gasteiger partial charge >= 0.3 is 5.97 Å². The summed E-state index contributed by atoms with van der Waals surface area (Å²) in [6.07, 6.45) is 12.8. The van der Waals surface area contributed by atoms with Crippen molar-refractivity contribution >= 4 is 39.7 Å². The highest BCUT2D eigenvalue weighted by molar-refractivity contribution is 7.73. The molecule has 0 aliphatic rings. The fourth-order valence-corrected chi connectivity index (χ4v) is 4.06. The van der Waals surface area contributed by atoms with Crippen molar-refractivity contribution in [2.24, 2.45) is 0 Å². The van der Waals surface area contributed by atoms with Gasteiger partial charge in [-0.25, -0.2) is 4.79 Å². The van der Waals surface area contributed by atoms with Gasteiger partial charge in [0.1, 0.15) is 0 Å². The maximum absolute atomic E-state index is 12.1. The first-order chi connectivity index (χ1) is 12.2. The summed E-state index contributed by atoms with van der Waals surface area (Å²) in [5.41, 5.74) is 1.58. The van der Waals surface area contributed by atoms with Crippen molar-refractivity contribution in [2.75, 3.05) is 6.61 Å². The van der Waals surface area contributed by atoms with E-state index < -0.39 is 0 Å². The van der Waals surface area contributed by atoms with Gasteiger partial charge in [0.2, 0.25) is 0 Å². The molecule has 0 fully saturated rings.